The standard InChI is InChI=1S/C17H20N4O3/c22-17(14-3-1-2-7-18-14)21-8-4-12(5-9-21)16-19-15(20-24-16)13-6-10-23-11-13/h1-3,7,12-13H,4-6,8-11H2/t13-/m0/s1. The Kier molecular flexibility index (Phi) is 4.25. The molecule has 2 aromatic heterocycles. The van der Waals surface area contributed by atoms with E-state index in [0.717, 1.165) is 31.7 Å². The third-order valence-electron chi connectivity index (χ3n) is 4.77. The van der Waals surface area contributed by atoms with Gasteiger partial charge in [0.15, 0.2) is 5.82 Å². The summed E-state index contributed by atoms with van der Waals surface area (Å²) in [6.07, 6.45) is 4.27. The molecule has 0 radical (unpaired) electrons. The van der Waals surface area contributed by atoms with Gasteiger partial charge in [0, 0.05) is 37.7 Å². The lowest BCUT2D eigenvalue weighted by molar-refractivity contribution is 0.0698. The van der Waals surface area contributed by atoms with Crippen molar-refractivity contribution < 1.29 is 14.1 Å². The van der Waals surface area contributed by atoms with Gasteiger partial charge in [-0.1, -0.05) is 11.2 Å². The number of hydrogen-bond acceptors (Lipinski definition) is 6. The average Bonchev–Trinajstić information content (AvgIpc) is 3.33. The highest BCUT2D eigenvalue weighted by atomic mass is 16.5. The van der Waals surface area contributed by atoms with E-state index in [1.165, 1.54) is 0 Å². The Morgan fingerprint density at radius 2 is 2.04 bits per heavy atom. The molecule has 4 rings (SSSR count). The van der Waals surface area contributed by atoms with Crippen LogP contribution in [0.1, 0.15) is 53.3 Å². The number of carbonyl (C=O) groups excluding carboxylic acids is 1. The summed E-state index contributed by atoms with van der Waals surface area (Å²) in [4.78, 5) is 23.0. The molecule has 2 fully saturated rings. The van der Waals surface area contributed by atoms with Gasteiger partial charge < -0.3 is 14.2 Å². The molecule has 24 heavy (non-hydrogen) atoms. The average molecular weight is 328 g/mol. The van der Waals surface area contributed by atoms with Crippen LogP contribution >= 0.6 is 0 Å². The van der Waals surface area contributed by atoms with Crippen molar-refractivity contribution in [1.29, 1.82) is 0 Å². The fraction of sp³-hybridized carbons (Fsp3) is 0.529. The Bertz CT molecular complexity index is 689. The minimum absolute atomic E-state index is 0.0108. The first-order chi connectivity index (χ1) is 11.8. The lowest BCUT2D eigenvalue weighted by atomic mass is 9.96. The van der Waals surface area contributed by atoms with Crippen LogP contribution in [0.25, 0.3) is 0 Å². The summed E-state index contributed by atoms with van der Waals surface area (Å²) < 4.78 is 10.8. The number of aromatic nitrogens is 3. The summed E-state index contributed by atoms with van der Waals surface area (Å²) in [7, 11) is 0. The third-order valence-corrected chi connectivity index (χ3v) is 4.77. The topological polar surface area (TPSA) is 81.4 Å². The quantitative estimate of drug-likeness (QED) is 0.857. The van der Waals surface area contributed by atoms with Crippen molar-refractivity contribution in [3.05, 3.63) is 41.8 Å². The summed E-state index contributed by atoms with van der Waals surface area (Å²) >= 11 is 0. The van der Waals surface area contributed by atoms with E-state index >= 15 is 0 Å². The van der Waals surface area contributed by atoms with Gasteiger partial charge in [-0.15, -0.1) is 0 Å². The highest BCUT2D eigenvalue weighted by Crippen LogP contribution is 2.30. The lowest BCUT2D eigenvalue weighted by Gasteiger charge is -2.30. The van der Waals surface area contributed by atoms with E-state index in [-0.39, 0.29) is 17.7 Å². The summed E-state index contributed by atoms with van der Waals surface area (Å²) in [5.41, 5.74) is 0.497. The van der Waals surface area contributed by atoms with Crippen molar-refractivity contribution >= 4 is 5.91 Å². The lowest BCUT2D eigenvalue weighted by Crippen LogP contribution is -2.38. The second-order valence-corrected chi connectivity index (χ2v) is 6.33. The first kappa shape index (κ1) is 15.3. The number of pyridine rings is 1. The fourth-order valence-electron chi connectivity index (χ4n) is 3.30. The fourth-order valence-corrected chi connectivity index (χ4v) is 3.30. The Balaban J connectivity index is 1.37. The molecule has 7 nitrogen and oxygen atoms in total. The third kappa shape index (κ3) is 3.03. The molecule has 2 aromatic rings. The molecule has 2 saturated heterocycles. The number of carbonyl (C=O) groups is 1. The molecule has 0 spiro atoms. The maximum absolute atomic E-state index is 12.4. The second-order valence-electron chi connectivity index (χ2n) is 6.33. The van der Waals surface area contributed by atoms with Crippen LogP contribution in [0, 0.1) is 0 Å². The number of likely N-dealkylation sites (tertiary alicyclic amines) is 1. The second kappa shape index (κ2) is 6.68. The van der Waals surface area contributed by atoms with E-state index in [4.69, 9.17) is 9.26 Å². The number of amides is 1. The molecule has 2 aliphatic heterocycles. The number of rotatable bonds is 3. The smallest absolute Gasteiger partial charge is 0.272 e. The summed E-state index contributed by atoms with van der Waals surface area (Å²) in [5.74, 6) is 1.93. The zero-order chi connectivity index (χ0) is 16.4. The monoisotopic (exact) mass is 328 g/mol. The van der Waals surface area contributed by atoms with E-state index in [2.05, 4.69) is 15.1 Å². The molecule has 4 heterocycles. The van der Waals surface area contributed by atoms with Gasteiger partial charge in [0.05, 0.1) is 6.61 Å². The Labute approximate surface area is 140 Å². The molecular formula is C17H20N4O3. The predicted molar refractivity (Wildman–Crippen MR) is 84.6 cm³/mol. The van der Waals surface area contributed by atoms with Crippen LogP contribution in [0.3, 0.4) is 0 Å². The number of piperidine rings is 1. The molecule has 1 atom stereocenters. The Morgan fingerprint density at radius 1 is 1.17 bits per heavy atom. The summed E-state index contributed by atoms with van der Waals surface area (Å²) in [5, 5.41) is 4.12. The maximum atomic E-state index is 12.4. The van der Waals surface area contributed by atoms with Crippen molar-refractivity contribution in [2.45, 2.75) is 31.1 Å². The van der Waals surface area contributed by atoms with Gasteiger partial charge in [-0.25, -0.2) is 0 Å². The van der Waals surface area contributed by atoms with Gasteiger partial charge in [-0.3, -0.25) is 9.78 Å². The van der Waals surface area contributed by atoms with Crippen LogP contribution < -0.4 is 0 Å². The molecule has 126 valence electrons. The van der Waals surface area contributed by atoms with Crippen LogP contribution in [0.2, 0.25) is 0 Å². The van der Waals surface area contributed by atoms with E-state index < -0.39 is 0 Å². The highest BCUT2D eigenvalue weighted by molar-refractivity contribution is 5.92. The van der Waals surface area contributed by atoms with Crippen LogP contribution in [-0.2, 0) is 4.74 Å². The van der Waals surface area contributed by atoms with Gasteiger partial charge in [0.2, 0.25) is 5.89 Å². The van der Waals surface area contributed by atoms with Gasteiger partial charge in [-0.2, -0.15) is 4.98 Å². The van der Waals surface area contributed by atoms with E-state index in [9.17, 15) is 4.79 Å². The minimum Gasteiger partial charge on any atom is -0.381 e. The van der Waals surface area contributed by atoms with E-state index in [1.54, 1.807) is 12.3 Å². The minimum atomic E-state index is -0.0108. The van der Waals surface area contributed by atoms with Gasteiger partial charge in [0.25, 0.3) is 5.91 Å². The predicted octanol–water partition coefficient (Wildman–Crippen LogP) is 1.99. The molecule has 0 saturated carbocycles. The number of nitrogens with zero attached hydrogens (tertiary/aromatic N) is 4. The molecule has 7 heteroatoms. The van der Waals surface area contributed by atoms with Crippen LogP contribution in [0.15, 0.2) is 28.9 Å². The SMILES string of the molecule is O=C(c1ccccn1)N1CCC(c2nc([C@H]3CCOC3)no2)CC1. The maximum Gasteiger partial charge on any atom is 0.272 e. The molecule has 0 aliphatic carbocycles. The molecule has 0 aromatic carbocycles. The van der Waals surface area contributed by atoms with Crippen molar-refractivity contribution in [2.75, 3.05) is 26.3 Å². The zero-order valence-corrected chi connectivity index (χ0v) is 13.4. The van der Waals surface area contributed by atoms with E-state index in [1.807, 2.05) is 17.0 Å². The molecule has 2 aliphatic rings. The van der Waals surface area contributed by atoms with E-state index in [0.29, 0.717) is 31.3 Å². The first-order valence-electron chi connectivity index (χ1n) is 8.43. The molecule has 0 N–H and O–H groups in total. The Morgan fingerprint density at radius 3 is 2.75 bits per heavy atom. The molecule has 1 amide bonds. The normalized spacial score (nSPS) is 22.0. The highest BCUT2D eigenvalue weighted by Gasteiger charge is 2.30. The largest absolute Gasteiger partial charge is 0.381 e. The van der Waals surface area contributed by atoms with Crippen molar-refractivity contribution in [1.82, 2.24) is 20.0 Å². The van der Waals surface area contributed by atoms with Crippen LogP contribution in [0.5, 0.6) is 0 Å². The van der Waals surface area contributed by atoms with Crippen LogP contribution in [0.4, 0.5) is 0 Å². The van der Waals surface area contributed by atoms with Crippen molar-refractivity contribution in [2.24, 2.45) is 0 Å². The number of hydrogen-bond donors (Lipinski definition) is 0. The van der Waals surface area contributed by atoms with Crippen LogP contribution in [-0.4, -0.2) is 52.2 Å². The van der Waals surface area contributed by atoms with Crippen molar-refractivity contribution in [3.8, 4) is 0 Å². The van der Waals surface area contributed by atoms with Gasteiger partial charge >= 0.3 is 0 Å². The number of ether oxygens (including phenoxy) is 1. The molecule has 0 bridgehead atoms. The summed E-state index contributed by atoms with van der Waals surface area (Å²) in [6.45, 7) is 2.81. The summed E-state index contributed by atoms with van der Waals surface area (Å²) in [6, 6.07) is 5.40. The zero-order valence-electron chi connectivity index (χ0n) is 13.4. The van der Waals surface area contributed by atoms with Crippen molar-refractivity contribution in [3.63, 3.8) is 0 Å². The first-order valence-corrected chi connectivity index (χ1v) is 8.43. The molecule has 0 unspecified atom stereocenters. The Hall–Kier alpha value is -2.28. The van der Waals surface area contributed by atoms with Gasteiger partial charge in [-0.05, 0) is 31.4 Å². The molecular weight excluding hydrogens is 308 g/mol. The van der Waals surface area contributed by atoms with Gasteiger partial charge in [0.1, 0.15) is 5.69 Å².